The third-order valence-electron chi connectivity index (χ3n) is 6.77. The number of rotatable bonds is 8. The number of aliphatic hydroxyl groups excluding tert-OH is 1. The van der Waals surface area contributed by atoms with Gasteiger partial charge in [-0.3, -0.25) is 0 Å². The van der Waals surface area contributed by atoms with Crippen LogP contribution in [0.25, 0.3) is 11.8 Å². The first kappa shape index (κ1) is 26.8. The minimum atomic E-state index is -1.53. The number of aryl methyl sites for hydroxylation is 1. The number of imidazole rings is 1. The van der Waals surface area contributed by atoms with Crippen molar-refractivity contribution in [1.29, 1.82) is 0 Å². The fourth-order valence-corrected chi connectivity index (χ4v) is 5.01. The van der Waals surface area contributed by atoms with E-state index in [-0.39, 0.29) is 25.4 Å². The van der Waals surface area contributed by atoms with Gasteiger partial charge in [0.05, 0.1) is 50.7 Å². The predicted octanol–water partition coefficient (Wildman–Crippen LogP) is 4.55. The average Bonchev–Trinajstić information content (AvgIpc) is 3.37. The second-order valence-electron chi connectivity index (χ2n) is 9.42. The summed E-state index contributed by atoms with van der Waals surface area (Å²) in [4.78, 5) is 12.0. The van der Waals surface area contributed by atoms with Gasteiger partial charge in [0.25, 0.3) is 0 Å². The molecule has 0 aliphatic carbocycles. The second-order valence-corrected chi connectivity index (χ2v) is 9.42. The van der Waals surface area contributed by atoms with Crippen molar-refractivity contribution < 1.29 is 32.6 Å². The SMILES string of the molecule is COc1cc(C=C2CCCN3C2=NOC(COCCO)[C@@H]3c2cc(F)c(F)c(F)c2)ccc1-n1cnc(C)c1. The van der Waals surface area contributed by atoms with E-state index in [2.05, 4.69) is 10.1 Å². The molecule has 3 heterocycles. The molecule has 8 nitrogen and oxygen atoms in total. The first-order valence-corrected chi connectivity index (χ1v) is 12.6. The number of ether oxygens (including phenoxy) is 2. The summed E-state index contributed by atoms with van der Waals surface area (Å²) in [6.45, 7) is 2.35. The van der Waals surface area contributed by atoms with E-state index in [0.717, 1.165) is 41.1 Å². The predicted molar refractivity (Wildman–Crippen MR) is 138 cm³/mol. The maximum Gasteiger partial charge on any atom is 0.194 e. The van der Waals surface area contributed by atoms with Crippen molar-refractivity contribution in [2.24, 2.45) is 5.16 Å². The molecule has 2 aromatic carbocycles. The van der Waals surface area contributed by atoms with Crippen molar-refractivity contribution in [3.63, 3.8) is 0 Å². The Hall–Kier alpha value is -3.83. The minimum absolute atomic E-state index is 0.0184. The smallest absolute Gasteiger partial charge is 0.194 e. The summed E-state index contributed by atoms with van der Waals surface area (Å²) < 4.78 is 55.3. The topological polar surface area (TPSA) is 81.3 Å². The highest BCUT2D eigenvalue weighted by atomic mass is 19.2. The van der Waals surface area contributed by atoms with Gasteiger partial charge in [0.2, 0.25) is 0 Å². The second kappa shape index (κ2) is 11.5. The van der Waals surface area contributed by atoms with Gasteiger partial charge in [-0.25, -0.2) is 18.2 Å². The van der Waals surface area contributed by atoms with Crippen molar-refractivity contribution in [2.75, 3.05) is 33.5 Å². The lowest BCUT2D eigenvalue weighted by atomic mass is 9.93. The van der Waals surface area contributed by atoms with Gasteiger partial charge < -0.3 is 28.9 Å². The fourth-order valence-electron chi connectivity index (χ4n) is 5.01. The van der Waals surface area contributed by atoms with Gasteiger partial charge in [0.1, 0.15) is 5.75 Å². The minimum Gasteiger partial charge on any atom is -0.495 e. The molecule has 1 fully saturated rings. The maximum atomic E-state index is 14.2. The molecule has 206 valence electrons. The molecule has 1 unspecified atom stereocenters. The summed E-state index contributed by atoms with van der Waals surface area (Å²) in [6.07, 6.45) is 6.33. The van der Waals surface area contributed by atoms with Crippen molar-refractivity contribution in [3.05, 3.63) is 82.7 Å². The average molecular weight is 543 g/mol. The van der Waals surface area contributed by atoms with E-state index in [4.69, 9.17) is 19.4 Å². The third kappa shape index (κ3) is 5.50. The van der Waals surface area contributed by atoms with Gasteiger partial charge in [-0.15, -0.1) is 0 Å². The molecule has 2 atom stereocenters. The molecule has 2 aliphatic heterocycles. The van der Waals surface area contributed by atoms with E-state index in [1.165, 1.54) is 0 Å². The zero-order valence-corrected chi connectivity index (χ0v) is 21.6. The Kier molecular flexibility index (Phi) is 7.89. The largest absolute Gasteiger partial charge is 0.495 e. The van der Waals surface area contributed by atoms with Crippen LogP contribution in [0.5, 0.6) is 5.75 Å². The molecule has 2 aliphatic rings. The van der Waals surface area contributed by atoms with E-state index >= 15 is 0 Å². The van der Waals surface area contributed by atoms with Gasteiger partial charge in [-0.2, -0.15) is 0 Å². The lowest BCUT2D eigenvalue weighted by molar-refractivity contribution is -0.0718. The zero-order chi connectivity index (χ0) is 27.5. The Labute approximate surface area is 223 Å². The van der Waals surface area contributed by atoms with Crippen LogP contribution in [0.3, 0.4) is 0 Å². The lowest BCUT2D eigenvalue weighted by Gasteiger charge is -2.44. The molecule has 1 N–H and O–H groups in total. The van der Waals surface area contributed by atoms with Crippen LogP contribution in [-0.4, -0.2) is 65.0 Å². The maximum absolute atomic E-state index is 14.2. The van der Waals surface area contributed by atoms with Crippen LogP contribution in [0.15, 0.2) is 53.6 Å². The number of fused-ring (bicyclic) bond motifs is 1. The molecule has 3 aromatic rings. The first-order valence-electron chi connectivity index (χ1n) is 12.6. The van der Waals surface area contributed by atoms with E-state index < -0.39 is 29.6 Å². The third-order valence-corrected chi connectivity index (χ3v) is 6.77. The summed E-state index contributed by atoms with van der Waals surface area (Å²) in [6, 6.07) is 7.08. The number of hydrogen-bond acceptors (Lipinski definition) is 7. The standard InChI is InChI=1S/C28H29F3N4O4/c1-17-14-34(16-32-17)23-6-5-18(11-24(23)37-2)10-19-4-3-7-35-27(20-12-21(29)26(31)22(30)13-20)25(15-38-9-8-36)39-33-28(19)35/h5-6,10-14,16,25,27,36H,3-4,7-9,15H2,1-2H3/t25?,27-/m0/s1. The summed E-state index contributed by atoms with van der Waals surface area (Å²) in [7, 11) is 1.60. The molecular formula is C28H29F3N4O4. The number of aliphatic hydroxyl groups is 1. The number of oxime groups is 1. The number of aromatic nitrogens is 2. The number of piperidine rings is 1. The van der Waals surface area contributed by atoms with Crippen LogP contribution >= 0.6 is 0 Å². The summed E-state index contributed by atoms with van der Waals surface area (Å²) in [5, 5.41) is 13.5. The van der Waals surface area contributed by atoms with E-state index in [0.29, 0.717) is 24.6 Å². The van der Waals surface area contributed by atoms with Gasteiger partial charge in [0, 0.05) is 12.7 Å². The van der Waals surface area contributed by atoms with Gasteiger partial charge in [-0.05, 0) is 66.8 Å². The van der Waals surface area contributed by atoms with E-state index in [9.17, 15) is 13.2 Å². The van der Waals surface area contributed by atoms with Crippen LogP contribution in [-0.2, 0) is 9.57 Å². The molecule has 5 rings (SSSR count). The summed E-state index contributed by atoms with van der Waals surface area (Å²) in [5.74, 6) is -2.90. The Morgan fingerprint density at radius 1 is 1.18 bits per heavy atom. The number of amidine groups is 1. The molecule has 0 spiro atoms. The summed E-state index contributed by atoms with van der Waals surface area (Å²) >= 11 is 0. The zero-order valence-electron chi connectivity index (χ0n) is 21.6. The van der Waals surface area contributed by atoms with Gasteiger partial charge in [-0.1, -0.05) is 11.2 Å². The number of halogens is 3. The van der Waals surface area contributed by atoms with Crippen LogP contribution in [0.4, 0.5) is 13.2 Å². The highest BCUT2D eigenvalue weighted by Crippen LogP contribution is 2.37. The number of methoxy groups -OCH3 is 1. The Morgan fingerprint density at radius 2 is 1.97 bits per heavy atom. The van der Waals surface area contributed by atoms with Gasteiger partial charge >= 0.3 is 0 Å². The number of nitrogens with zero attached hydrogens (tertiary/aromatic N) is 4. The highest BCUT2D eigenvalue weighted by Gasteiger charge is 2.40. The Balaban J connectivity index is 1.49. The van der Waals surface area contributed by atoms with Crippen LogP contribution in [0, 0.1) is 24.4 Å². The highest BCUT2D eigenvalue weighted by molar-refractivity contribution is 6.03. The molecule has 11 heteroatoms. The normalized spacial score (nSPS) is 20.0. The molecule has 0 bridgehead atoms. The molecule has 0 saturated carbocycles. The Bertz CT molecular complexity index is 1380. The number of hydrogen-bond donors (Lipinski definition) is 1. The van der Waals surface area contributed by atoms with Crippen molar-refractivity contribution in [2.45, 2.75) is 31.9 Å². The Morgan fingerprint density at radius 3 is 2.67 bits per heavy atom. The lowest BCUT2D eigenvalue weighted by Crippen LogP contribution is -2.49. The van der Waals surface area contributed by atoms with Crippen molar-refractivity contribution in [1.82, 2.24) is 14.5 Å². The quantitative estimate of drug-likeness (QED) is 0.332. The first-order chi connectivity index (χ1) is 18.9. The van der Waals surface area contributed by atoms with E-state index in [1.54, 1.807) is 13.4 Å². The monoisotopic (exact) mass is 542 g/mol. The summed E-state index contributed by atoms with van der Waals surface area (Å²) in [5.41, 5.74) is 3.68. The molecule has 1 saturated heterocycles. The van der Waals surface area contributed by atoms with Crippen molar-refractivity contribution in [3.8, 4) is 11.4 Å². The molecule has 1 aromatic heterocycles. The number of benzene rings is 2. The molecule has 39 heavy (non-hydrogen) atoms. The fraction of sp³-hybridized carbons (Fsp3) is 0.357. The van der Waals surface area contributed by atoms with E-state index in [1.807, 2.05) is 46.9 Å². The molecule has 0 amide bonds. The van der Waals surface area contributed by atoms with Crippen LogP contribution < -0.4 is 4.74 Å². The van der Waals surface area contributed by atoms with Crippen LogP contribution in [0.1, 0.15) is 35.7 Å². The van der Waals surface area contributed by atoms with Gasteiger partial charge in [0.15, 0.2) is 29.4 Å². The molecule has 0 radical (unpaired) electrons. The van der Waals surface area contributed by atoms with Crippen LogP contribution in [0.2, 0.25) is 0 Å². The van der Waals surface area contributed by atoms with Crippen molar-refractivity contribution >= 4 is 11.9 Å². The molecular weight excluding hydrogens is 513 g/mol.